The number of aromatic nitrogens is 3. The summed E-state index contributed by atoms with van der Waals surface area (Å²) in [4.78, 5) is 14.8. The first-order chi connectivity index (χ1) is 14.2. The van der Waals surface area contributed by atoms with Gasteiger partial charge in [0.2, 0.25) is 11.9 Å². The number of amides is 1. The lowest BCUT2D eigenvalue weighted by atomic mass is 10.0. The van der Waals surface area contributed by atoms with Crippen molar-refractivity contribution in [1.29, 1.82) is 0 Å². The van der Waals surface area contributed by atoms with Crippen LogP contribution in [0, 0.1) is 5.82 Å². The third kappa shape index (κ3) is 3.88. The molecule has 1 aromatic heterocycles. The van der Waals surface area contributed by atoms with Crippen LogP contribution in [0.5, 0.6) is 0 Å². The minimum atomic E-state index is -4.71. The van der Waals surface area contributed by atoms with E-state index in [1.807, 2.05) is 0 Å². The van der Waals surface area contributed by atoms with Crippen molar-refractivity contribution in [2.24, 2.45) is 0 Å². The number of nitrogens with zero attached hydrogens (tertiary/aromatic N) is 3. The Morgan fingerprint density at radius 2 is 1.77 bits per heavy atom. The molecule has 0 fully saturated rings. The maximum absolute atomic E-state index is 13.3. The van der Waals surface area contributed by atoms with Crippen LogP contribution in [-0.2, 0) is 11.0 Å². The first-order valence-electron chi connectivity index (χ1n) is 8.87. The van der Waals surface area contributed by atoms with Gasteiger partial charge in [-0.05, 0) is 53.6 Å². The Morgan fingerprint density at radius 1 is 1.10 bits per heavy atom. The number of carbonyl (C=O) groups is 1. The third-order valence-corrected chi connectivity index (χ3v) is 4.45. The molecule has 0 unspecified atom stereocenters. The van der Waals surface area contributed by atoms with Crippen molar-refractivity contribution in [2.75, 3.05) is 10.6 Å². The number of allylic oxidation sites excluding steroid dienone is 1. The molecule has 0 saturated carbocycles. The number of fused-ring (bicyclic) bond motifs is 1. The van der Waals surface area contributed by atoms with Crippen molar-refractivity contribution < 1.29 is 22.4 Å². The molecule has 30 heavy (non-hydrogen) atoms. The minimum absolute atomic E-state index is 0.0833. The Labute approximate surface area is 168 Å². The zero-order chi connectivity index (χ0) is 21.5. The molecule has 1 atom stereocenters. The van der Waals surface area contributed by atoms with Crippen molar-refractivity contribution >= 4 is 23.2 Å². The molecule has 1 aliphatic rings. The standard InChI is InChI=1S/C20H15F4N5O/c1-11(30)25-15-8-4-13(5-9-15)17-10-16(12-2-6-14(21)7-3-12)26-19-27-18(20(22,23)24)28-29(17)19/h2-10,17H,1H3,(H,25,30)(H,26,27,28)/t17-/m1/s1. The molecule has 0 radical (unpaired) electrons. The highest BCUT2D eigenvalue weighted by molar-refractivity contribution is 5.88. The summed E-state index contributed by atoms with van der Waals surface area (Å²) in [6.45, 7) is 1.37. The average molecular weight is 417 g/mol. The van der Waals surface area contributed by atoms with E-state index in [4.69, 9.17) is 0 Å². The summed E-state index contributed by atoms with van der Waals surface area (Å²) in [5, 5.41) is 9.10. The number of halogens is 4. The van der Waals surface area contributed by atoms with Crippen LogP contribution >= 0.6 is 0 Å². The van der Waals surface area contributed by atoms with Crippen LogP contribution in [0.1, 0.15) is 29.9 Å². The molecule has 1 aliphatic heterocycles. The fourth-order valence-corrected chi connectivity index (χ4v) is 3.12. The van der Waals surface area contributed by atoms with E-state index in [1.165, 1.54) is 31.2 Å². The molecular formula is C20H15F4N5O. The zero-order valence-electron chi connectivity index (χ0n) is 15.5. The van der Waals surface area contributed by atoms with Crippen molar-refractivity contribution in [3.05, 3.63) is 77.4 Å². The molecular weight excluding hydrogens is 402 g/mol. The number of nitrogens with one attached hydrogen (secondary N) is 2. The second-order valence-electron chi connectivity index (χ2n) is 6.66. The largest absolute Gasteiger partial charge is 0.453 e. The molecule has 4 rings (SSSR count). The number of hydrogen-bond donors (Lipinski definition) is 2. The van der Waals surface area contributed by atoms with Crippen LogP contribution in [0.2, 0.25) is 0 Å². The van der Waals surface area contributed by atoms with Crippen LogP contribution < -0.4 is 10.6 Å². The maximum atomic E-state index is 13.3. The molecule has 10 heteroatoms. The lowest BCUT2D eigenvalue weighted by Gasteiger charge is -2.24. The smallest absolute Gasteiger partial charge is 0.326 e. The monoisotopic (exact) mass is 417 g/mol. The molecule has 2 aromatic carbocycles. The quantitative estimate of drug-likeness (QED) is 0.618. The van der Waals surface area contributed by atoms with Crippen molar-refractivity contribution in [2.45, 2.75) is 19.1 Å². The van der Waals surface area contributed by atoms with Gasteiger partial charge >= 0.3 is 6.18 Å². The van der Waals surface area contributed by atoms with E-state index in [0.717, 1.165) is 4.68 Å². The van der Waals surface area contributed by atoms with E-state index in [0.29, 0.717) is 22.5 Å². The van der Waals surface area contributed by atoms with Gasteiger partial charge in [0.25, 0.3) is 5.82 Å². The van der Waals surface area contributed by atoms with Gasteiger partial charge < -0.3 is 10.6 Å². The molecule has 0 bridgehead atoms. The summed E-state index contributed by atoms with van der Waals surface area (Å²) < 4.78 is 54.0. The van der Waals surface area contributed by atoms with Gasteiger partial charge in [-0.2, -0.15) is 18.2 Å². The van der Waals surface area contributed by atoms with Gasteiger partial charge in [0.15, 0.2) is 0 Å². The molecule has 0 aliphatic carbocycles. The Hall–Kier alpha value is -3.69. The number of alkyl halides is 3. The van der Waals surface area contributed by atoms with E-state index in [9.17, 15) is 22.4 Å². The molecule has 2 heterocycles. The first-order valence-corrected chi connectivity index (χ1v) is 8.87. The summed E-state index contributed by atoms with van der Waals surface area (Å²) in [7, 11) is 0. The SMILES string of the molecule is CC(=O)Nc1ccc([C@H]2C=C(c3ccc(F)cc3)Nc3nc(C(F)(F)F)nn32)cc1. The molecule has 2 N–H and O–H groups in total. The van der Waals surface area contributed by atoms with Crippen LogP contribution in [0.4, 0.5) is 29.2 Å². The van der Waals surface area contributed by atoms with Gasteiger partial charge in [0.1, 0.15) is 11.9 Å². The zero-order valence-corrected chi connectivity index (χ0v) is 15.5. The molecule has 0 spiro atoms. The predicted octanol–water partition coefficient (Wildman–Crippen LogP) is 4.45. The summed E-state index contributed by atoms with van der Waals surface area (Å²) >= 11 is 0. The molecule has 6 nitrogen and oxygen atoms in total. The number of hydrogen-bond acceptors (Lipinski definition) is 4. The van der Waals surface area contributed by atoms with Crippen LogP contribution in [0.3, 0.4) is 0 Å². The van der Waals surface area contributed by atoms with Crippen molar-refractivity contribution in [3.8, 4) is 0 Å². The Morgan fingerprint density at radius 3 is 2.37 bits per heavy atom. The highest BCUT2D eigenvalue weighted by atomic mass is 19.4. The van der Waals surface area contributed by atoms with E-state index < -0.39 is 23.9 Å². The fraction of sp³-hybridized carbons (Fsp3) is 0.150. The van der Waals surface area contributed by atoms with Gasteiger partial charge in [-0.3, -0.25) is 4.79 Å². The van der Waals surface area contributed by atoms with Crippen molar-refractivity contribution in [3.63, 3.8) is 0 Å². The molecule has 1 amide bonds. The number of benzene rings is 2. The maximum Gasteiger partial charge on any atom is 0.453 e. The normalized spacial score (nSPS) is 15.8. The van der Waals surface area contributed by atoms with Crippen LogP contribution in [0.25, 0.3) is 5.70 Å². The number of anilines is 2. The van der Waals surface area contributed by atoms with Gasteiger partial charge in [-0.25, -0.2) is 9.07 Å². The predicted molar refractivity (Wildman–Crippen MR) is 102 cm³/mol. The van der Waals surface area contributed by atoms with Gasteiger partial charge in [-0.1, -0.05) is 12.1 Å². The summed E-state index contributed by atoms with van der Waals surface area (Å²) in [5.41, 5.74) is 2.24. The van der Waals surface area contributed by atoms with E-state index >= 15 is 0 Å². The first kappa shape index (κ1) is 19.6. The van der Waals surface area contributed by atoms with Crippen molar-refractivity contribution in [1.82, 2.24) is 14.8 Å². The lowest BCUT2D eigenvalue weighted by molar-refractivity contribution is -0.145. The van der Waals surface area contributed by atoms with Gasteiger partial charge in [-0.15, -0.1) is 5.10 Å². The second kappa shape index (κ2) is 7.29. The molecule has 154 valence electrons. The topological polar surface area (TPSA) is 71.8 Å². The lowest BCUT2D eigenvalue weighted by Crippen LogP contribution is -2.20. The Balaban J connectivity index is 1.78. The summed E-state index contributed by atoms with van der Waals surface area (Å²) in [6.07, 6.45) is -3.02. The summed E-state index contributed by atoms with van der Waals surface area (Å²) in [6, 6.07) is 11.5. The van der Waals surface area contributed by atoms with Crippen LogP contribution in [0.15, 0.2) is 54.6 Å². The minimum Gasteiger partial charge on any atom is -0.326 e. The second-order valence-corrected chi connectivity index (χ2v) is 6.66. The van der Waals surface area contributed by atoms with E-state index in [2.05, 4.69) is 20.7 Å². The average Bonchev–Trinajstić information content (AvgIpc) is 3.13. The Bertz CT molecular complexity index is 1120. The third-order valence-electron chi connectivity index (χ3n) is 4.45. The molecule has 0 saturated heterocycles. The highest BCUT2D eigenvalue weighted by Crippen LogP contribution is 2.36. The number of rotatable bonds is 3. The molecule has 3 aromatic rings. The van der Waals surface area contributed by atoms with E-state index in [-0.39, 0.29) is 11.9 Å². The fourth-order valence-electron chi connectivity index (χ4n) is 3.12. The van der Waals surface area contributed by atoms with Gasteiger partial charge in [0, 0.05) is 18.3 Å². The van der Waals surface area contributed by atoms with Crippen LogP contribution in [-0.4, -0.2) is 20.7 Å². The summed E-state index contributed by atoms with van der Waals surface area (Å²) in [5.74, 6) is -2.02. The highest BCUT2D eigenvalue weighted by Gasteiger charge is 2.39. The Kier molecular flexibility index (Phi) is 4.76. The van der Waals surface area contributed by atoms with Gasteiger partial charge in [0.05, 0.1) is 0 Å². The van der Waals surface area contributed by atoms with E-state index in [1.54, 1.807) is 30.3 Å². The number of carbonyl (C=O) groups excluding carboxylic acids is 1.